The van der Waals surface area contributed by atoms with Crippen LogP contribution in [0.1, 0.15) is 31.9 Å². The summed E-state index contributed by atoms with van der Waals surface area (Å²) in [6.45, 7) is 5.68. The Hall–Kier alpha value is -3.22. The van der Waals surface area contributed by atoms with Crippen molar-refractivity contribution < 1.29 is 24.2 Å². The Balaban J connectivity index is 1.97. The van der Waals surface area contributed by atoms with E-state index in [9.17, 15) is 14.7 Å². The Bertz CT molecular complexity index is 846. The highest BCUT2D eigenvalue weighted by Crippen LogP contribution is 2.26. The van der Waals surface area contributed by atoms with E-state index in [1.165, 1.54) is 13.2 Å². The number of amides is 2. The predicted molar refractivity (Wildman–Crippen MR) is 114 cm³/mol. The van der Waals surface area contributed by atoms with Crippen LogP contribution in [0.25, 0.3) is 0 Å². The van der Waals surface area contributed by atoms with E-state index in [1.54, 1.807) is 32.9 Å². The van der Waals surface area contributed by atoms with Gasteiger partial charge in [-0.25, -0.2) is 4.79 Å². The molecule has 0 bridgehead atoms. The van der Waals surface area contributed by atoms with Crippen LogP contribution < -0.4 is 15.4 Å². The Labute approximate surface area is 177 Å². The number of ether oxygens (including phenoxy) is 2. The number of carbonyl (C=O) groups excluding carboxylic acids is 2. The van der Waals surface area contributed by atoms with Gasteiger partial charge in [0.2, 0.25) is 0 Å². The second-order valence-electron chi connectivity index (χ2n) is 8.07. The molecule has 7 heteroatoms. The monoisotopic (exact) mass is 414 g/mol. The molecule has 2 aromatic carbocycles. The van der Waals surface area contributed by atoms with Gasteiger partial charge in [0.05, 0.1) is 18.6 Å². The zero-order valence-corrected chi connectivity index (χ0v) is 17.9. The van der Waals surface area contributed by atoms with Crippen molar-refractivity contribution in [2.24, 2.45) is 5.41 Å². The third kappa shape index (κ3) is 7.31. The van der Waals surface area contributed by atoms with Crippen molar-refractivity contribution in [2.45, 2.75) is 39.8 Å². The number of esters is 1. The van der Waals surface area contributed by atoms with Gasteiger partial charge < -0.3 is 25.2 Å². The maximum atomic E-state index is 12.4. The normalized spacial score (nSPS) is 12.0. The van der Waals surface area contributed by atoms with Crippen molar-refractivity contribution in [2.75, 3.05) is 13.7 Å². The molecule has 3 N–H and O–H groups in total. The van der Waals surface area contributed by atoms with Crippen LogP contribution in [0.15, 0.2) is 48.5 Å². The summed E-state index contributed by atoms with van der Waals surface area (Å²) in [5.41, 5.74) is 1.19. The number of urea groups is 1. The molecule has 0 aliphatic carbocycles. The molecule has 2 rings (SSSR count). The lowest BCUT2D eigenvalue weighted by Crippen LogP contribution is -2.45. The second kappa shape index (κ2) is 10.5. The zero-order valence-electron chi connectivity index (χ0n) is 17.9. The molecule has 2 aromatic rings. The van der Waals surface area contributed by atoms with Crippen LogP contribution in [-0.2, 0) is 22.5 Å². The Morgan fingerprint density at radius 2 is 1.77 bits per heavy atom. The number of rotatable bonds is 8. The van der Waals surface area contributed by atoms with Crippen molar-refractivity contribution in [1.29, 1.82) is 0 Å². The van der Waals surface area contributed by atoms with Gasteiger partial charge in [-0.2, -0.15) is 0 Å². The van der Waals surface area contributed by atoms with E-state index < -0.39 is 5.41 Å². The molecule has 0 unspecified atom stereocenters. The minimum atomic E-state index is -0.614. The fraction of sp³-hybridized carbons (Fsp3) is 0.391. The number of phenolic OH excluding ortho intramolecular Hbond substituents is 1. The minimum absolute atomic E-state index is 0.0364. The minimum Gasteiger partial charge on any atom is -0.504 e. The van der Waals surface area contributed by atoms with E-state index in [0.717, 1.165) is 11.1 Å². The largest absolute Gasteiger partial charge is 0.504 e. The first-order chi connectivity index (χ1) is 14.2. The second-order valence-corrected chi connectivity index (χ2v) is 8.07. The summed E-state index contributed by atoms with van der Waals surface area (Å²) in [5.74, 6) is 0.0546. The molecule has 0 spiro atoms. The van der Waals surface area contributed by atoms with Crippen LogP contribution in [0, 0.1) is 5.41 Å². The molecule has 0 saturated carbocycles. The summed E-state index contributed by atoms with van der Waals surface area (Å²) in [6, 6.07) is 13.8. The van der Waals surface area contributed by atoms with Crippen LogP contribution >= 0.6 is 0 Å². The van der Waals surface area contributed by atoms with Gasteiger partial charge in [0.1, 0.15) is 6.61 Å². The van der Waals surface area contributed by atoms with E-state index in [-0.39, 0.29) is 36.9 Å². The summed E-state index contributed by atoms with van der Waals surface area (Å²) in [7, 11) is 1.46. The van der Waals surface area contributed by atoms with Crippen LogP contribution in [0.4, 0.5) is 4.79 Å². The molecule has 0 aromatic heterocycles. The summed E-state index contributed by atoms with van der Waals surface area (Å²) in [6.07, 6.45) is 0.527. The first kappa shape index (κ1) is 23.1. The van der Waals surface area contributed by atoms with Gasteiger partial charge in [-0.05, 0) is 50.5 Å². The van der Waals surface area contributed by atoms with E-state index >= 15 is 0 Å². The van der Waals surface area contributed by atoms with E-state index in [4.69, 9.17) is 9.47 Å². The van der Waals surface area contributed by atoms with Crippen molar-refractivity contribution in [3.8, 4) is 11.5 Å². The highest BCUT2D eigenvalue weighted by atomic mass is 16.5. The van der Waals surface area contributed by atoms with Crippen molar-refractivity contribution in [3.05, 3.63) is 59.7 Å². The average molecular weight is 415 g/mol. The number of aromatic hydroxyl groups is 1. The van der Waals surface area contributed by atoms with Crippen molar-refractivity contribution >= 4 is 12.0 Å². The molecule has 0 saturated heterocycles. The maximum Gasteiger partial charge on any atom is 0.315 e. The summed E-state index contributed by atoms with van der Waals surface area (Å²) in [5, 5.41) is 15.3. The molecule has 0 aliphatic heterocycles. The molecule has 162 valence electrons. The smallest absolute Gasteiger partial charge is 0.315 e. The quantitative estimate of drug-likeness (QED) is 0.575. The first-order valence-electron chi connectivity index (χ1n) is 9.80. The lowest BCUT2D eigenvalue weighted by molar-refractivity contribution is -0.153. The van der Waals surface area contributed by atoms with Gasteiger partial charge in [-0.1, -0.05) is 36.4 Å². The van der Waals surface area contributed by atoms with Crippen LogP contribution in [-0.4, -0.2) is 36.9 Å². The standard InChI is InChI=1S/C23H30N2O5/c1-23(2,3)21(27)30-15-18(12-16-8-6-5-7-9-16)25-22(28)24-14-17-10-11-19(26)20(13-17)29-4/h5-11,13,18,26H,12,14-15H2,1-4H3,(H2,24,25,28)/t18-/m0/s1. The van der Waals surface area contributed by atoms with Gasteiger partial charge in [0.15, 0.2) is 11.5 Å². The highest BCUT2D eigenvalue weighted by Gasteiger charge is 2.25. The zero-order chi connectivity index (χ0) is 22.1. The van der Waals surface area contributed by atoms with Gasteiger partial charge in [-0.15, -0.1) is 0 Å². The third-order valence-electron chi connectivity index (χ3n) is 4.39. The third-order valence-corrected chi connectivity index (χ3v) is 4.39. The van der Waals surface area contributed by atoms with Gasteiger partial charge in [-0.3, -0.25) is 4.79 Å². The number of nitrogens with one attached hydrogen (secondary N) is 2. The Morgan fingerprint density at radius 1 is 1.07 bits per heavy atom. The molecular formula is C23H30N2O5. The molecular weight excluding hydrogens is 384 g/mol. The number of hydrogen-bond acceptors (Lipinski definition) is 5. The predicted octanol–water partition coefficient (Wildman–Crippen LogP) is 3.40. The van der Waals surface area contributed by atoms with Crippen molar-refractivity contribution in [3.63, 3.8) is 0 Å². The topological polar surface area (TPSA) is 96.9 Å². The molecule has 0 radical (unpaired) electrons. The summed E-state index contributed by atoms with van der Waals surface area (Å²) < 4.78 is 10.5. The van der Waals surface area contributed by atoms with Crippen LogP contribution in [0.5, 0.6) is 11.5 Å². The average Bonchev–Trinajstić information content (AvgIpc) is 2.71. The summed E-state index contributed by atoms with van der Waals surface area (Å²) >= 11 is 0. The number of benzene rings is 2. The van der Waals surface area contributed by atoms with Crippen LogP contribution in [0.3, 0.4) is 0 Å². The number of phenols is 1. The highest BCUT2D eigenvalue weighted by molar-refractivity contribution is 5.76. The fourth-order valence-corrected chi connectivity index (χ4v) is 2.69. The Morgan fingerprint density at radius 3 is 2.40 bits per heavy atom. The first-order valence-corrected chi connectivity index (χ1v) is 9.80. The van der Waals surface area contributed by atoms with E-state index in [0.29, 0.717) is 12.2 Å². The van der Waals surface area contributed by atoms with Crippen LogP contribution in [0.2, 0.25) is 0 Å². The lowest BCUT2D eigenvalue weighted by Gasteiger charge is -2.22. The number of methoxy groups -OCH3 is 1. The fourth-order valence-electron chi connectivity index (χ4n) is 2.69. The maximum absolute atomic E-state index is 12.4. The molecule has 0 fully saturated rings. The SMILES string of the molecule is COc1cc(CNC(=O)N[C@H](COC(=O)C(C)(C)C)Cc2ccccc2)ccc1O. The molecule has 30 heavy (non-hydrogen) atoms. The van der Waals surface area contributed by atoms with Crippen molar-refractivity contribution in [1.82, 2.24) is 10.6 Å². The molecule has 7 nitrogen and oxygen atoms in total. The molecule has 1 atom stereocenters. The number of hydrogen-bond donors (Lipinski definition) is 3. The van der Waals surface area contributed by atoms with Gasteiger partial charge in [0.25, 0.3) is 0 Å². The molecule has 0 aliphatic rings. The Kier molecular flexibility index (Phi) is 8.09. The number of carbonyl (C=O) groups is 2. The summed E-state index contributed by atoms with van der Waals surface area (Å²) in [4.78, 5) is 24.6. The van der Waals surface area contributed by atoms with E-state index in [1.807, 2.05) is 30.3 Å². The van der Waals surface area contributed by atoms with E-state index in [2.05, 4.69) is 10.6 Å². The van der Waals surface area contributed by atoms with Gasteiger partial charge in [0, 0.05) is 6.54 Å². The van der Waals surface area contributed by atoms with Gasteiger partial charge >= 0.3 is 12.0 Å². The molecule has 0 heterocycles. The molecule has 2 amide bonds. The lowest BCUT2D eigenvalue weighted by atomic mass is 9.97.